The molecule has 10 aromatic carbocycles. The molecule has 0 atom stereocenters. The van der Waals surface area contributed by atoms with E-state index in [1.807, 2.05) is 42.9 Å². The van der Waals surface area contributed by atoms with Crippen LogP contribution < -0.4 is 9.47 Å². The molecule has 0 spiro atoms. The Labute approximate surface area is 813 Å². The zero-order valence-electron chi connectivity index (χ0n) is 73.9. The molecule has 0 unspecified atom stereocenters. The van der Waals surface area contributed by atoms with Crippen molar-refractivity contribution < 1.29 is 42.4 Å². The molecule has 20 aromatic rings. The average Bonchev–Trinajstić information content (AvgIpc) is 1.51. The minimum Gasteiger partial charge on any atom is 2.00 e. The van der Waals surface area contributed by atoms with Crippen LogP contribution in [0.1, 0.15) is 203 Å². The van der Waals surface area contributed by atoms with E-state index >= 15 is 0 Å². The van der Waals surface area contributed by atoms with E-state index < -0.39 is 11.9 Å². The Morgan fingerprint density at radius 1 is 0.286 bits per heavy atom. The summed E-state index contributed by atoms with van der Waals surface area (Å²) >= 11 is -0.556. The monoisotopic (exact) mass is 2150 g/mol. The Morgan fingerprint density at radius 2 is 0.579 bits per heavy atom. The summed E-state index contributed by atoms with van der Waals surface area (Å²) < 4.78 is 22.5. The van der Waals surface area contributed by atoms with Crippen LogP contribution in [0.5, 0.6) is 23.0 Å². The summed E-state index contributed by atoms with van der Waals surface area (Å²) in [4.78, 5) is 40.0. The maximum atomic E-state index is 6.79. The van der Waals surface area contributed by atoms with Gasteiger partial charge in [0.2, 0.25) is 0 Å². The summed E-state index contributed by atoms with van der Waals surface area (Å²) in [5, 5.41) is 10.1. The number of ether oxygens (including phenoxy) is 2. The van der Waals surface area contributed by atoms with Crippen LogP contribution in [0.2, 0.25) is 0 Å². The van der Waals surface area contributed by atoms with E-state index in [2.05, 4.69) is 304 Å². The molecule has 14 nitrogen and oxygen atoms in total. The Balaban J connectivity index is 0.000000172. The predicted octanol–water partition coefficient (Wildman–Crippen LogP) is 29.6. The Bertz CT molecular complexity index is 6610. The van der Waals surface area contributed by atoms with Crippen LogP contribution in [0.3, 0.4) is 0 Å². The minimum atomic E-state index is -3.06. The third-order valence-corrected chi connectivity index (χ3v) is 23.9. The largest absolute Gasteiger partial charge is 2.00 e. The van der Waals surface area contributed by atoms with Crippen LogP contribution in [0.4, 0.5) is 0 Å². The fourth-order valence-electron chi connectivity index (χ4n) is 18.4. The number of halogens is 4. The van der Waals surface area contributed by atoms with Gasteiger partial charge in [-0.1, -0.05) is 266 Å². The SMILES string of the molecule is CC(C)c1cccc(C(C)C)c1-c1cnc2c3[c-]c(Oc4[c-]c5c(cc4)c4nccnc4n4c(-c6c(C(C)C)cccc6C(C)C)cnc54)ccc3c3ccccc3n12.CC(C)c1cccc(C(C)C)c1-c1cnc2c3cc(Oc4ccc5c(c4)c4ncc(-c6c(C(C)C)cccc6C(C)C)n4c4nccnc54)ccc3c3ccccc3n12.[Cl][Pt]([Cl])([Cl])[Cl].[K][K].[Pt+2]. The molecule has 0 saturated heterocycles. The second-order valence-electron chi connectivity index (χ2n) is 34.3. The van der Waals surface area contributed by atoms with Gasteiger partial charge in [-0.15, -0.1) is 12.1 Å². The number of benzene rings is 10. The van der Waals surface area contributed by atoms with Gasteiger partial charge >= 0.3 is 134 Å². The summed E-state index contributed by atoms with van der Waals surface area (Å²) in [5.41, 5.74) is 28.3. The van der Waals surface area contributed by atoms with Crippen LogP contribution in [0.25, 0.3) is 155 Å². The Kier molecular flexibility index (Phi) is 27.9. The molecule has 0 aliphatic carbocycles. The zero-order chi connectivity index (χ0) is 87.9. The number of imidazole rings is 4. The van der Waals surface area contributed by atoms with Crippen molar-refractivity contribution in [3.8, 4) is 68.0 Å². The topological polar surface area (TPSA) is 139 Å². The van der Waals surface area contributed by atoms with Gasteiger partial charge in [-0.2, -0.15) is 0 Å². The standard InChI is InChI=1S/C52H48N6O.C52H46N6O.4ClH.2K.2Pt/c2*1-29(2)35-14-11-15-36(30(3)4)47(35)45-27-55-50-42-25-33(19-21-39(42)40-13-9-10-18-44(40)57(45)50)59-34-20-22-41-43(26-34)51-56-28-46(58(51)52-49(41)53-23-24-54-52)48-37(31(5)6)16-12-17-38(48)32(7)8;;;;;;;;/h9-32H,1-8H3;9-24,27-32H,1-8H3;4*1H;;;;/q;-2;;;;;;;+2;+4/p-4. The smallest absolute Gasteiger partial charge is 2.00 e. The van der Waals surface area contributed by atoms with E-state index in [1.54, 1.807) is 24.8 Å². The number of para-hydroxylation sites is 2. The van der Waals surface area contributed by atoms with Crippen molar-refractivity contribution in [2.24, 2.45) is 0 Å². The average molecular weight is 2150 g/mol. The number of hydrogen-bond donors (Lipinski definition) is 0. The van der Waals surface area contributed by atoms with E-state index in [0.717, 1.165) is 133 Å². The minimum absolute atomic E-state index is 0. The van der Waals surface area contributed by atoms with Crippen LogP contribution >= 0.6 is 37.7 Å². The number of rotatable bonds is 16. The zero-order valence-corrected chi connectivity index (χ0v) is 87.7. The van der Waals surface area contributed by atoms with Gasteiger partial charge in [-0.05, 0) is 151 Å². The normalized spacial score (nSPS) is 12.2. The number of fused-ring (bicyclic) bond motifs is 24. The van der Waals surface area contributed by atoms with E-state index in [-0.39, 0.29) is 21.1 Å². The summed E-state index contributed by atoms with van der Waals surface area (Å²) in [6, 6.07) is 71.9. The number of aromatic nitrogens is 12. The first-order valence-corrected chi connectivity index (χ1v) is 70.4. The van der Waals surface area contributed by atoms with E-state index in [4.69, 9.17) is 87.0 Å². The van der Waals surface area contributed by atoms with Gasteiger partial charge < -0.3 is 18.3 Å². The maximum Gasteiger partial charge on any atom is 2.00 e. The maximum absolute atomic E-state index is 6.79. The molecule has 10 heterocycles. The van der Waals surface area contributed by atoms with Gasteiger partial charge in [0, 0.05) is 98.0 Å². The van der Waals surface area contributed by atoms with Crippen LogP contribution in [-0.2, 0) is 33.0 Å². The third-order valence-electron chi connectivity index (χ3n) is 23.9. The fourth-order valence-corrected chi connectivity index (χ4v) is 18.4. The molecular formula is C104H94Cl4K2N12O2Pt2. The molecule has 20 rings (SSSR count). The molecule has 22 heteroatoms. The second kappa shape index (κ2) is 38.2. The van der Waals surface area contributed by atoms with Gasteiger partial charge in [0.05, 0.1) is 57.5 Å². The van der Waals surface area contributed by atoms with Gasteiger partial charge in [0.1, 0.15) is 34.0 Å². The molecular weight excluding hydrogens is 2060 g/mol. The summed E-state index contributed by atoms with van der Waals surface area (Å²) in [5.74, 6) is 5.28. The van der Waals surface area contributed by atoms with Gasteiger partial charge in [-0.25, -0.2) is 19.9 Å². The van der Waals surface area contributed by atoms with Crippen LogP contribution in [-0.4, -0.2) is 121 Å². The molecule has 0 aliphatic heterocycles. The molecule has 10 aromatic heterocycles. The molecule has 632 valence electrons. The van der Waals surface area contributed by atoms with Crippen molar-refractivity contribution in [3.05, 3.63) is 288 Å². The third kappa shape index (κ3) is 17.2. The molecule has 0 radical (unpaired) electrons. The molecule has 0 saturated carbocycles. The van der Waals surface area contributed by atoms with Crippen molar-refractivity contribution >= 4 is 211 Å². The van der Waals surface area contributed by atoms with Crippen molar-refractivity contribution in [1.82, 2.24) is 57.5 Å². The summed E-state index contributed by atoms with van der Waals surface area (Å²) in [6.45, 7) is 36.2. The first kappa shape index (κ1) is 91.9. The Hall–Kier alpha value is -7.39. The van der Waals surface area contributed by atoms with Gasteiger partial charge in [0.15, 0.2) is 5.65 Å². The number of nitrogens with zero attached hydrogens (tertiary/aromatic N) is 12. The van der Waals surface area contributed by atoms with Gasteiger partial charge in [0.25, 0.3) is 0 Å². The molecule has 0 fully saturated rings. The number of hydrogen-bond acceptors (Lipinski definition) is 10. The van der Waals surface area contributed by atoms with Crippen molar-refractivity contribution in [3.63, 3.8) is 0 Å². The van der Waals surface area contributed by atoms with Crippen LogP contribution in [0.15, 0.2) is 232 Å². The first-order chi connectivity index (χ1) is 60.2. The van der Waals surface area contributed by atoms with E-state index in [1.165, 1.54) is 135 Å². The van der Waals surface area contributed by atoms with E-state index in [0.29, 0.717) is 64.6 Å². The quantitative estimate of drug-likeness (QED) is 0.0522. The number of pyridine rings is 4. The van der Waals surface area contributed by atoms with Crippen molar-refractivity contribution in [2.45, 2.75) is 158 Å². The van der Waals surface area contributed by atoms with E-state index in [9.17, 15) is 0 Å². The summed E-state index contributed by atoms with van der Waals surface area (Å²) in [6.07, 6.45) is 15.1. The van der Waals surface area contributed by atoms with Crippen molar-refractivity contribution in [2.75, 3.05) is 0 Å². The molecule has 0 bridgehead atoms. The second-order valence-corrected chi connectivity index (χ2v) is 54.0. The Morgan fingerprint density at radius 3 is 0.984 bits per heavy atom. The molecule has 0 aliphatic rings. The molecule has 0 amide bonds. The molecule has 126 heavy (non-hydrogen) atoms. The van der Waals surface area contributed by atoms with Crippen LogP contribution in [0, 0.1) is 12.1 Å². The fraction of sp³-hybridized carbons (Fsp3) is 0.231. The van der Waals surface area contributed by atoms with Gasteiger partial charge in [-0.3, -0.25) is 28.7 Å². The predicted molar refractivity (Wildman–Crippen MR) is 519 cm³/mol. The van der Waals surface area contributed by atoms with Crippen molar-refractivity contribution in [1.29, 1.82) is 0 Å². The summed E-state index contributed by atoms with van der Waals surface area (Å²) in [7, 11) is 20.0. The molecule has 0 N–H and O–H groups in total. The first-order valence-electron chi connectivity index (χ1n) is 43.1.